The van der Waals surface area contributed by atoms with Crippen LogP contribution in [0.3, 0.4) is 0 Å². The number of fused-ring (bicyclic) bond motifs is 1. The van der Waals surface area contributed by atoms with Crippen molar-refractivity contribution in [3.05, 3.63) is 221 Å². The first kappa shape index (κ1) is 39.7. The van der Waals surface area contributed by atoms with Crippen LogP contribution in [0, 0.1) is 0 Å². The molecule has 1 aliphatic rings. The summed E-state index contributed by atoms with van der Waals surface area (Å²) in [7, 11) is 0. The number of hydrogen-bond acceptors (Lipinski definition) is 7. The smallest absolute Gasteiger partial charge is 0.117 e. The molecule has 6 aromatic carbocycles. The minimum Gasteiger partial charge on any atom is -0.374 e. The molecule has 302 valence electrons. The van der Waals surface area contributed by atoms with Gasteiger partial charge >= 0.3 is 0 Å². The highest BCUT2D eigenvalue weighted by Crippen LogP contribution is 2.42. The predicted octanol–water partition coefficient (Wildman–Crippen LogP) is 11.2. The zero-order valence-corrected chi connectivity index (χ0v) is 34.2. The van der Waals surface area contributed by atoms with Crippen LogP contribution < -0.4 is 0 Å². The Hall–Kier alpha value is -5.71. The van der Waals surface area contributed by atoms with E-state index in [9.17, 15) is 0 Å². The third kappa shape index (κ3) is 9.67. The molecule has 60 heavy (non-hydrogen) atoms. The maximum absolute atomic E-state index is 7.35. The molecule has 0 spiro atoms. The van der Waals surface area contributed by atoms with Gasteiger partial charge in [-0.05, 0) is 33.9 Å². The highest BCUT2D eigenvalue weighted by atomic mass is 32.1. The van der Waals surface area contributed by atoms with Crippen molar-refractivity contribution in [1.82, 2.24) is 9.55 Å². The van der Waals surface area contributed by atoms with Gasteiger partial charge in [0.1, 0.15) is 35.5 Å². The molecule has 0 aliphatic carbocycles. The largest absolute Gasteiger partial charge is 0.374 e. The van der Waals surface area contributed by atoms with Gasteiger partial charge in [-0.1, -0.05) is 170 Å². The van der Waals surface area contributed by atoms with Gasteiger partial charge in [0.2, 0.25) is 0 Å². The SMILES string of the molecule is c1ccc(COCC2OC(c3cn(Cc4ncc(-c5ccccc5)s4)c4ccccc34)C(OCc3ccccc3)C(OCc3ccccc3)C2OCc2ccccc2)cc1. The lowest BCUT2D eigenvalue weighted by Crippen LogP contribution is -2.58. The molecule has 0 amide bonds. The normalized spacial score (nSPS) is 19.1. The first-order valence-electron chi connectivity index (χ1n) is 20.6. The first-order valence-corrected chi connectivity index (χ1v) is 21.4. The molecule has 0 saturated carbocycles. The van der Waals surface area contributed by atoms with Gasteiger partial charge in [0.25, 0.3) is 0 Å². The van der Waals surface area contributed by atoms with E-state index in [1.165, 1.54) is 5.56 Å². The zero-order valence-electron chi connectivity index (χ0n) is 33.4. The van der Waals surface area contributed by atoms with Crippen molar-refractivity contribution in [2.24, 2.45) is 0 Å². The van der Waals surface area contributed by atoms with Crippen molar-refractivity contribution in [2.75, 3.05) is 6.61 Å². The molecule has 9 rings (SSSR count). The Balaban J connectivity index is 1.11. The Bertz CT molecular complexity index is 2510. The van der Waals surface area contributed by atoms with E-state index < -0.39 is 30.5 Å². The van der Waals surface area contributed by atoms with Gasteiger partial charge in [-0.2, -0.15) is 0 Å². The summed E-state index contributed by atoms with van der Waals surface area (Å²) in [6, 6.07) is 60.0. The first-order chi connectivity index (χ1) is 29.7. The number of hydrogen-bond donors (Lipinski definition) is 0. The summed E-state index contributed by atoms with van der Waals surface area (Å²) in [6.07, 6.45) is 1.57. The van der Waals surface area contributed by atoms with Crippen LogP contribution in [0.25, 0.3) is 21.3 Å². The third-order valence-electron chi connectivity index (χ3n) is 10.9. The van der Waals surface area contributed by atoms with Crippen LogP contribution in [0.4, 0.5) is 0 Å². The Morgan fingerprint density at radius 2 is 1.03 bits per heavy atom. The van der Waals surface area contributed by atoms with E-state index in [1.54, 1.807) is 11.3 Å². The Kier molecular flexibility index (Phi) is 13.0. The number of aromatic nitrogens is 2. The Morgan fingerprint density at radius 3 is 1.63 bits per heavy atom. The average molecular weight is 813 g/mol. The summed E-state index contributed by atoms with van der Waals surface area (Å²) >= 11 is 1.72. The summed E-state index contributed by atoms with van der Waals surface area (Å²) in [5, 5.41) is 2.11. The second-order valence-corrected chi connectivity index (χ2v) is 16.2. The van der Waals surface area contributed by atoms with E-state index in [2.05, 4.69) is 108 Å². The van der Waals surface area contributed by atoms with Crippen LogP contribution >= 0.6 is 11.3 Å². The maximum Gasteiger partial charge on any atom is 0.117 e. The van der Waals surface area contributed by atoms with Gasteiger partial charge in [-0.15, -0.1) is 11.3 Å². The summed E-state index contributed by atoms with van der Waals surface area (Å²) in [5.41, 5.74) is 7.56. The minimum atomic E-state index is -0.552. The molecule has 1 fully saturated rings. The standard InChI is InChI=1S/C52H48N2O5S/c1-6-18-38(19-7-1)33-55-37-46-50(56-34-39-20-8-2-9-21-39)52(58-36-41-24-12-4-13-25-41)51(57-35-40-22-10-3-11-23-40)49(59-46)44-31-54(45-29-17-16-28-43(44)45)32-48-53-30-47(60-48)42-26-14-5-15-27-42/h1-31,46,49-52H,32-37H2. The van der Waals surface area contributed by atoms with Crippen LogP contribution in [0.1, 0.15) is 38.9 Å². The number of para-hydroxylation sites is 1. The molecule has 0 radical (unpaired) electrons. The molecule has 2 aromatic heterocycles. The van der Waals surface area contributed by atoms with Crippen LogP contribution in [-0.2, 0) is 56.7 Å². The Morgan fingerprint density at radius 1 is 0.533 bits per heavy atom. The fourth-order valence-corrected chi connectivity index (χ4v) is 8.86. The molecule has 8 heteroatoms. The van der Waals surface area contributed by atoms with Crippen molar-refractivity contribution in [1.29, 1.82) is 0 Å². The van der Waals surface area contributed by atoms with Gasteiger partial charge in [0, 0.05) is 28.9 Å². The summed E-state index contributed by atoms with van der Waals surface area (Å²) in [5.74, 6) is 0. The lowest BCUT2D eigenvalue weighted by molar-refractivity contribution is -0.274. The van der Waals surface area contributed by atoms with Crippen LogP contribution in [-0.4, -0.2) is 40.6 Å². The summed E-state index contributed by atoms with van der Waals surface area (Å²) in [4.78, 5) is 6.02. The number of rotatable bonds is 17. The van der Waals surface area contributed by atoms with Crippen LogP contribution in [0.15, 0.2) is 188 Å². The quantitative estimate of drug-likeness (QED) is 0.0912. The van der Waals surface area contributed by atoms with E-state index in [0.29, 0.717) is 39.6 Å². The maximum atomic E-state index is 7.35. The molecule has 1 saturated heterocycles. The molecule has 5 atom stereocenters. The molecule has 0 N–H and O–H groups in total. The second-order valence-electron chi connectivity index (χ2n) is 15.1. The van der Waals surface area contributed by atoms with Crippen LogP contribution in [0.5, 0.6) is 0 Å². The summed E-state index contributed by atoms with van der Waals surface area (Å²) in [6.45, 7) is 2.47. The van der Waals surface area contributed by atoms with Gasteiger partial charge < -0.3 is 28.3 Å². The molecule has 8 aromatic rings. The molecule has 3 heterocycles. The molecule has 7 nitrogen and oxygen atoms in total. The zero-order chi connectivity index (χ0) is 40.4. The molecule has 5 unspecified atom stereocenters. The number of benzene rings is 6. The minimum absolute atomic E-state index is 0.293. The number of nitrogens with zero attached hydrogens (tertiary/aromatic N) is 2. The van der Waals surface area contributed by atoms with Gasteiger partial charge in [0.05, 0.1) is 44.5 Å². The highest BCUT2D eigenvalue weighted by Gasteiger charge is 2.49. The fraction of sp³-hybridized carbons (Fsp3) is 0.212. The van der Waals surface area contributed by atoms with Crippen molar-refractivity contribution >= 4 is 22.2 Å². The van der Waals surface area contributed by atoms with E-state index in [4.69, 9.17) is 28.7 Å². The third-order valence-corrected chi connectivity index (χ3v) is 12.0. The summed E-state index contributed by atoms with van der Waals surface area (Å²) < 4.78 is 37.2. The number of ether oxygens (including phenoxy) is 5. The second kappa shape index (κ2) is 19.6. The molecular formula is C52H48N2O5S. The van der Waals surface area contributed by atoms with E-state index in [1.807, 2.05) is 85.1 Å². The van der Waals surface area contributed by atoms with Crippen molar-refractivity contribution in [3.63, 3.8) is 0 Å². The monoisotopic (exact) mass is 812 g/mol. The van der Waals surface area contributed by atoms with E-state index in [-0.39, 0.29) is 0 Å². The molecule has 1 aliphatic heterocycles. The van der Waals surface area contributed by atoms with Crippen LogP contribution in [0.2, 0.25) is 0 Å². The predicted molar refractivity (Wildman–Crippen MR) is 237 cm³/mol. The van der Waals surface area contributed by atoms with Crippen molar-refractivity contribution in [2.45, 2.75) is 63.5 Å². The number of thiazole rings is 1. The van der Waals surface area contributed by atoms with Crippen molar-refractivity contribution in [3.8, 4) is 10.4 Å². The van der Waals surface area contributed by atoms with Crippen molar-refractivity contribution < 1.29 is 23.7 Å². The van der Waals surface area contributed by atoms with Gasteiger partial charge in [0.15, 0.2) is 0 Å². The lowest BCUT2D eigenvalue weighted by atomic mass is 9.90. The highest BCUT2D eigenvalue weighted by molar-refractivity contribution is 7.15. The molecular weight excluding hydrogens is 765 g/mol. The van der Waals surface area contributed by atoms with E-state index >= 15 is 0 Å². The fourth-order valence-electron chi connectivity index (χ4n) is 7.94. The Labute approximate surface area is 355 Å². The lowest BCUT2D eigenvalue weighted by Gasteiger charge is -2.46. The van der Waals surface area contributed by atoms with Gasteiger partial charge in [-0.25, -0.2) is 4.98 Å². The van der Waals surface area contributed by atoms with Gasteiger partial charge in [-0.3, -0.25) is 0 Å². The topological polar surface area (TPSA) is 64.0 Å². The van der Waals surface area contributed by atoms with E-state index in [0.717, 1.165) is 48.6 Å². The average Bonchev–Trinajstić information content (AvgIpc) is 3.94. The molecule has 0 bridgehead atoms.